The fraction of sp³-hybridized carbons (Fsp3) is 0.538. The summed E-state index contributed by atoms with van der Waals surface area (Å²) in [6.45, 7) is 0.968. The Bertz CT molecular complexity index is 532. The van der Waals surface area contributed by atoms with Crippen molar-refractivity contribution in [1.82, 2.24) is 4.72 Å². The van der Waals surface area contributed by atoms with E-state index in [4.69, 9.17) is 16.3 Å². The first kappa shape index (κ1) is 14.8. The summed E-state index contributed by atoms with van der Waals surface area (Å²) in [5.74, 6) is -0.0373. The second kappa shape index (κ2) is 6.22. The van der Waals surface area contributed by atoms with E-state index in [9.17, 15) is 8.42 Å². The molecule has 0 aliphatic carbocycles. The van der Waals surface area contributed by atoms with Crippen LogP contribution in [-0.2, 0) is 21.2 Å². The van der Waals surface area contributed by atoms with Crippen LogP contribution in [0.15, 0.2) is 24.3 Å². The van der Waals surface area contributed by atoms with Gasteiger partial charge in [0.25, 0.3) is 0 Å². The Morgan fingerprint density at radius 3 is 2.95 bits per heavy atom. The lowest BCUT2D eigenvalue weighted by molar-refractivity contribution is 0.0570. The van der Waals surface area contributed by atoms with Crippen molar-refractivity contribution in [1.29, 1.82) is 0 Å². The monoisotopic (exact) mass is 303 g/mol. The number of benzene rings is 1. The lowest BCUT2D eigenvalue weighted by Gasteiger charge is -2.31. The van der Waals surface area contributed by atoms with Crippen molar-refractivity contribution >= 4 is 21.6 Å². The molecule has 0 amide bonds. The molecular weight excluding hydrogens is 286 g/mol. The largest absolute Gasteiger partial charge is 0.381 e. The lowest BCUT2D eigenvalue weighted by atomic mass is 9.94. The first-order chi connectivity index (χ1) is 9.03. The smallest absolute Gasteiger partial charge is 0.214 e. The van der Waals surface area contributed by atoms with Crippen LogP contribution in [0.4, 0.5) is 0 Å². The predicted octanol–water partition coefficient (Wildman–Crippen LogP) is 1.84. The van der Waals surface area contributed by atoms with Gasteiger partial charge in [-0.2, -0.15) is 0 Å². The van der Waals surface area contributed by atoms with Crippen LogP contribution in [0.3, 0.4) is 0 Å². The SMILES string of the molecule is CNS(=O)(=O)[C@@H]1CCOC[C@H]1Cc1cccc(Cl)c1. The normalized spacial score (nSPS) is 24.3. The molecule has 6 heteroatoms. The molecule has 1 N–H and O–H groups in total. The Labute approximate surface area is 119 Å². The molecule has 19 heavy (non-hydrogen) atoms. The third-order valence-corrected chi connectivity index (χ3v) is 5.70. The van der Waals surface area contributed by atoms with Crippen LogP contribution >= 0.6 is 11.6 Å². The molecule has 0 radical (unpaired) electrons. The van der Waals surface area contributed by atoms with Gasteiger partial charge >= 0.3 is 0 Å². The standard InChI is InChI=1S/C13H18ClNO3S/c1-15-19(16,17)13-5-6-18-9-11(13)7-10-3-2-4-12(14)8-10/h2-4,8,11,13,15H,5-7,9H2,1H3/t11-,13-/m1/s1. The van der Waals surface area contributed by atoms with E-state index in [-0.39, 0.29) is 5.92 Å². The van der Waals surface area contributed by atoms with Crippen LogP contribution < -0.4 is 4.72 Å². The number of nitrogens with one attached hydrogen (secondary N) is 1. The van der Waals surface area contributed by atoms with Crippen molar-refractivity contribution in [3.05, 3.63) is 34.9 Å². The molecule has 2 atom stereocenters. The van der Waals surface area contributed by atoms with Gasteiger partial charge in [-0.3, -0.25) is 0 Å². The molecule has 1 aliphatic heterocycles. The van der Waals surface area contributed by atoms with E-state index in [2.05, 4.69) is 4.72 Å². The van der Waals surface area contributed by atoms with Crippen LogP contribution in [0.5, 0.6) is 0 Å². The summed E-state index contributed by atoms with van der Waals surface area (Å²) in [5.41, 5.74) is 1.04. The number of hydrogen-bond donors (Lipinski definition) is 1. The van der Waals surface area contributed by atoms with E-state index in [0.717, 1.165) is 5.56 Å². The van der Waals surface area contributed by atoms with Crippen LogP contribution in [0.1, 0.15) is 12.0 Å². The van der Waals surface area contributed by atoms with Crippen LogP contribution in [0, 0.1) is 5.92 Å². The average Bonchev–Trinajstić information content (AvgIpc) is 2.39. The zero-order valence-corrected chi connectivity index (χ0v) is 12.4. The molecule has 1 fully saturated rings. The fourth-order valence-electron chi connectivity index (χ4n) is 2.49. The molecular formula is C13H18ClNO3S. The summed E-state index contributed by atoms with van der Waals surface area (Å²) in [6, 6.07) is 7.52. The molecule has 1 saturated heterocycles. The molecule has 106 valence electrons. The zero-order chi connectivity index (χ0) is 13.9. The minimum Gasteiger partial charge on any atom is -0.381 e. The summed E-state index contributed by atoms with van der Waals surface area (Å²) in [6.07, 6.45) is 1.19. The molecule has 0 saturated carbocycles. The Kier molecular flexibility index (Phi) is 4.84. The van der Waals surface area contributed by atoms with Crippen molar-refractivity contribution in [3.63, 3.8) is 0 Å². The van der Waals surface area contributed by atoms with Gasteiger partial charge in [-0.05, 0) is 37.6 Å². The summed E-state index contributed by atoms with van der Waals surface area (Å²) in [5, 5.41) is 0.271. The van der Waals surface area contributed by atoms with Gasteiger partial charge in [0.05, 0.1) is 11.9 Å². The van der Waals surface area contributed by atoms with Crippen LogP contribution in [0.25, 0.3) is 0 Å². The van der Waals surface area contributed by atoms with Gasteiger partial charge < -0.3 is 4.74 Å². The van der Waals surface area contributed by atoms with E-state index in [1.54, 1.807) is 0 Å². The third kappa shape index (κ3) is 3.69. The minimum absolute atomic E-state index is 0.0373. The van der Waals surface area contributed by atoms with Gasteiger partial charge in [-0.15, -0.1) is 0 Å². The van der Waals surface area contributed by atoms with Gasteiger partial charge in [0.2, 0.25) is 10.0 Å². The summed E-state index contributed by atoms with van der Waals surface area (Å²) in [4.78, 5) is 0. The van der Waals surface area contributed by atoms with Gasteiger partial charge in [0.1, 0.15) is 0 Å². The number of rotatable bonds is 4. The van der Waals surface area contributed by atoms with E-state index in [0.29, 0.717) is 31.1 Å². The maximum atomic E-state index is 12.0. The first-order valence-electron chi connectivity index (χ1n) is 6.27. The molecule has 1 aromatic carbocycles. The molecule has 2 rings (SSSR count). The van der Waals surface area contributed by atoms with Crippen molar-refractivity contribution in [3.8, 4) is 0 Å². The van der Waals surface area contributed by atoms with Crippen molar-refractivity contribution in [2.24, 2.45) is 5.92 Å². The highest BCUT2D eigenvalue weighted by molar-refractivity contribution is 7.90. The molecule has 0 aromatic heterocycles. The number of halogens is 1. The molecule has 0 bridgehead atoms. The lowest BCUT2D eigenvalue weighted by Crippen LogP contribution is -2.43. The predicted molar refractivity (Wildman–Crippen MR) is 75.8 cm³/mol. The number of hydrogen-bond acceptors (Lipinski definition) is 3. The zero-order valence-electron chi connectivity index (χ0n) is 10.8. The summed E-state index contributed by atoms with van der Waals surface area (Å²) < 4.78 is 31.9. The topological polar surface area (TPSA) is 55.4 Å². The quantitative estimate of drug-likeness (QED) is 0.923. The maximum Gasteiger partial charge on any atom is 0.214 e. The van der Waals surface area contributed by atoms with Crippen molar-refractivity contribution in [2.75, 3.05) is 20.3 Å². The Hall–Kier alpha value is -0.620. The molecule has 0 spiro atoms. The van der Waals surface area contributed by atoms with Gasteiger partial charge in [-0.25, -0.2) is 13.1 Å². The Morgan fingerprint density at radius 1 is 1.47 bits per heavy atom. The van der Waals surface area contributed by atoms with Gasteiger partial charge in [0.15, 0.2) is 0 Å². The molecule has 0 unspecified atom stereocenters. The summed E-state index contributed by atoms with van der Waals surface area (Å²) >= 11 is 5.95. The number of sulfonamides is 1. The summed E-state index contributed by atoms with van der Waals surface area (Å²) in [7, 11) is -1.80. The highest BCUT2D eigenvalue weighted by Gasteiger charge is 2.35. The maximum absolute atomic E-state index is 12.0. The Balaban J connectivity index is 2.17. The van der Waals surface area contributed by atoms with Crippen LogP contribution in [-0.4, -0.2) is 33.9 Å². The molecule has 1 heterocycles. The van der Waals surface area contributed by atoms with E-state index >= 15 is 0 Å². The van der Waals surface area contributed by atoms with Crippen LogP contribution in [0.2, 0.25) is 5.02 Å². The minimum atomic E-state index is -3.26. The molecule has 4 nitrogen and oxygen atoms in total. The second-order valence-corrected chi connectivity index (χ2v) is 7.29. The molecule has 1 aromatic rings. The van der Waals surface area contributed by atoms with Gasteiger partial charge in [-0.1, -0.05) is 23.7 Å². The molecule has 1 aliphatic rings. The highest BCUT2D eigenvalue weighted by Crippen LogP contribution is 2.25. The fourth-order valence-corrected chi connectivity index (χ4v) is 4.10. The first-order valence-corrected chi connectivity index (χ1v) is 8.20. The van der Waals surface area contributed by atoms with Crippen molar-refractivity contribution < 1.29 is 13.2 Å². The van der Waals surface area contributed by atoms with E-state index < -0.39 is 15.3 Å². The van der Waals surface area contributed by atoms with Gasteiger partial charge in [0, 0.05) is 17.5 Å². The average molecular weight is 304 g/mol. The third-order valence-electron chi connectivity index (χ3n) is 3.47. The van der Waals surface area contributed by atoms with E-state index in [1.807, 2.05) is 24.3 Å². The number of ether oxygens (including phenoxy) is 1. The second-order valence-electron chi connectivity index (χ2n) is 4.75. The van der Waals surface area contributed by atoms with Crippen molar-refractivity contribution in [2.45, 2.75) is 18.1 Å². The Morgan fingerprint density at radius 2 is 2.26 bits per heavy atom. The van der Waals surface area contributed by atoms with E-state index in [1.165, 1.54) is 7.05 Å². The highest BCUT2D eigenvalue weighted by atomic mass is 35.5.